The molecule has 0 aliphatic carbocycles. The summed E-state index contributed by atoms with van der Waals surface area (Å²) in [6.07, 6.45) is -0.535. The number of nitrogens with two attached hydrogens (primary N) is 1. The van der Waals surface area contributed by atoms with Crippen molar-refractivity contribution in [2.45, 2.75) is 52.9 Å². The molecule has 3 N–H and O–H groups in total. The molecule has 0 atom stereocenters. The number of Topliss-reactive ketones (excluding diaryl/α,β-unsaturated/α-hetero) is 2. The first kappa shape index (κ1) is 22.8. The number of nitrogens with zero attached hydrogens (tertiary/aromatic N) is 1. The number of rotatable bonds is 8. The number of thiazole rings is 1. The Morgan fingerprint density at radius 2 is 1.69 bits per heavy atom. The van der Waals surface area contributed by atoms with Gasteiger partial charge in [0.25, 0.3) is 5.91 Å². The highest BCUT2D eigenvalue weighted by Gasteiger charge is 2.25. The monoisotopic (exact) mass is 431 g/mol. The van der Waals surface area contributed by atoms with E-state index in [2.05, 4.69) is 10.3 Å². The van der Waals surface area contributed by atoms with Crippen LogP contribution in [0.2, 0.25) is 0 Å². The summed E-state index contributed by atoms with van der Waals surface area (Å²) in [7, 11) is 0. The van der Waals surface area contributed by atoms with Gasteiger partial charge in [0, 0.05) is 5.69 Å². The van der Waals surface area contributed by atoms with Crippen molar-refractivity contribution in [2.75, 3.05) is 5.32 Å². The fourth-order valence-electron chi connectivity index (χ4n) is 2.95. The Kier molecular flexibility index (Phi) is 7.37. The summed E-state index contributed by atoms with van der Waals surface area (Å²) in [5, 5.41) is 3.11. The van der Waals surface area contributed by atoms with Gasteiger partial charge < -0.3 is 11.1 Å². The van der Waals surface area contributed by atoms with Gasteiger partial charge in [-0.2, -0.15) is 0 Å². The lowest BCUT2D eigenvalue weighted by molar-refractivity contribution is -0.134. The topological polar surface area (TPSA) is 102 Å². The van der Waals surface area contributed by atoms with E-state index in [1.165, 1.54) is 0 Å². The minimum atomic E-state index is -0.801. The molecule has 0 aliphatic heterocycles. The number of carbonyl (C=O) groups is 3. The van der Waals surface area contributed by atoms with E-state index in [9.17, 15) is 14.4 Å². The second kappa shape index (κ2) is 9.37. The minimum Gasteiger partial charge on any atom is -0.387 e. The summed E-state index contributed by atoms with van der Waals surface area (Å²) in [6, 6.07) is 5.80. The van der Waals surface area contributed by atoms with Gasteiger partial charge >= 0.3 is 0 Å². The molecule has 0 fully saturated rings. The summed E-state index contributed by atoms with van der Waals surface area (Å²) in [5.74, 6) is -1.74. The number of hydrogen-bond acceptors (Lipinski definition) is 6. The van der Waals surface area contributed by atoms with Gasteiger partial charge in [0.2, 0.25) is 5.78 Å². The van der Waals surface area contributed by atoms with Crippen LogP contribution in [0.4, 0.5) is 5.69 Å². The van der Waals surface area contributed by atoms with Crippen LogP contribution >= 0.6 is 23.6 Å². The van der Waals surface area contributed by atoms with E-state index in [0.29, 0.717) is 21.3 Å². The number of aryl methyl sites for hydroxylation is 1. The van der Waals surface area contributed by atoms with Crippen molar-refractivity contribution in [3.63, 3.8) is 0 Å². The van der Waals surface area contributed by atoms with E-state index >= 15 is 0 Å². The second-order valence-corrected chi connectivity index (χ2v) is 8.83. The summed E-state index contributed by atoms with van der Waals surface area (Å²) in [6.45, 7) is 9.72. The quantitative estimate of drug-likeness (QED) is 0.282. The van der Waals surface area contributed by atoms with Gasteiger partial charge in [-0.05, 0) is 29.9 Å². The lowest BCUT2D eigenvalue weighted by Crippen LogP contribution is -2.26. The van der Waals surface area contributed by atoms with Crippen molar-refractivity contribution < 1.29 is 14.4 Å². The van der Waals surface area contributed by atoms with Gasteiger partial charge in [-0.1, -0.05) is 58.1 Å². The molecular formula is C21H25N3O3S2. The Morgan fingerprint density at radius 3 is 2.14 bits per heavy atom. The summed E-state index contributed by atoms with van der Waals surface area (Å²) < 4.78 is 0. The molecule has 154 valence electrons. The molecule has 2 aromatic rings. The largest absolute Gasteiger partial charge is 0.387 e. The molecule has 6 nitrogen and oxygen atoms in total. The molecule has 0 saturated heterocycles. The van der Waals surface area contributed by atoms with Crippen LogP contribution in [0.25, 0.3) is 0 Å². The van der Waals surface area contributed by atoms with Gasteiger partial charge in [-0.25, -0.2) is 4.98 Å². The van der Waals surface area contributed by atoms with Crippen molar-refractivity contribution >= 4 is 51.7 Å². The number of aromatic nitrogens is 1. The van der Waals surface area contributed by atoms with Crippen molar-refractivity contribution in [2.24, 2.45) is 5.73 Å². The van der Waals surface area contributed by atoms with Crippen LogP contribution in [-0.2, 0) is 9.59 Å². The van der Waals surface area contributed by atoms with Gasteiger partial charge in [-0.15, -0.1) is 11.3 Å². The normalized spacial score (nSPS) is 11.0. The van der Waals surface area contributed by atoms with Crippen LogP contribution in [-0.4, -0.2) is 27.4 Å². The van der Waals surface area contributed by atoms with Crippen LogP contribution in [0.1, 0.15) is 77.5 Å². The number of ketones is 2. The highest BCUT2D eigenvalue weighted by atomic mass is 32.1. The highest BCUT2D eigenvalue weighted by Crippen LogP contribution is 2.32. The summed E-state index contributed by atoms with van der Waals surface area (Å²) in [5.41, 5.74) is 8.53. The molecule has 0 radical (unpaired) electrons. The van der Waals surface area contributed by atoms with E-state index in [1.54, 1.807) is 6.92 Å². The Labute approximate surface area is 179 Å². The average molecular weight is 432 g/mol. The van der Waals surface area contributed by atoms with Gasteiger partial charge in [0.15, 0.2) is 10.8 Å². The first-order chi connectivity index (χ1) is 13.5. The molecule has 0 spiro atoms. The number of carbonyl (C=O) groups excluding carboxylic acids is 3. The zero-order valence-corrected chi connectivity index (χ0v) is 18.8. The number of amides is 1. The number of hydrogen-bond donors (Lipinski definition) is 2. The molecule has 0 bridgehead atoms. The third-order valence-corrected chi connectivity index (χ3v) is 6.00. The molecule has 8 heteroatoms. The molecule has 2 rings (SSSR count). The molecule has 1 heterocycles. The van der Waals surface area contributed by atoms with E-state index in [1.807, 2.05) is 45.9 Å². The van der Waals surface area contributed by atoms with Crippen LogP contribution in [0.3, 0.4) is 0 Å². The van der Waals surface area contributed by atoms with Gasteiger partial charge in [0.05, 0.1) is 17.0 Å². The van der Waals surface area contributed by atoms with Crippen molar-refractivity contribution in [1.29, 1.82) is 0 Å². The number of benzene rings is 1. The van der Waals surface area contributed by atoms with E-state index in [-0.39, 0.29) is 16.8 Å². The first-order valence-corrected chi connectivity index (χ1v) is 10.5. The van der Waals surface area contributed by atoms with Crippen molar-refractivity contribution in [3.05, 3.63) is 44.9 Å². The Bertz CT molecular complexity index is 951. The number of para-hydroxylation sites is 1. The maximum absolute atomic E-state index is 12.6. The van der Waals surface area contributed by atoms with E-state index in [4.69, 9.17) is 18.0 Å². The lowest BCUT2D eigenvalue weighted by Gasteiger charge is -2.19. The Balaban J connectivity index is 2.21. The molecule has 1 aromatic heterocycles. The molecule has 0 unspecified atom stereocenters. The van der Waals surface area contributed by atoms with Crippen molar-refractivity contribution in [1.82, 2.24) is 4.98 Å². The van der Waals surface area contributed by atoms with Gasteiger partial charge in [-0.3, -0.25) is 14.4 Å². The zero-order chi connectivity index (χ0) is 21.9. The smallest absolute Gasteiger partial charge is 0.292 e. The SMILES string of the molecule is Cc1nc(C(N)=S)sc1C(=O)CC(=O)C(=O)Nc1c(C(C)C)cccc1C(C)C. The third-order valence-electron chi connectivity index (χ3n) is 4.45. The van der Waals surface area contributed by atoms with Crippen LogP contribution < -0.4 is 11.1 Å². The molecule has 1 aromatic carbocycles. The second-order valence-electron chi connectivity index (χ2n) is 7.40. The molecular weight excluding hydrogens is 406 g/mol. The fourth-order valence-corrected chi connectivity index (χ4v) is 3.97. The van der Waals surface area contributed by atoms with Crippen molar-refractivity contribution in [3.8, 4) is 0 Å². The maximum Gasteiger partial charge on any atom is 0.292 e. The lowest BCUT2D eigenvalue weighted by atomic mass is 9.92. The average Bonchev–Trinajstić information content (AvgIpc) is 3.03. The standard InChI is InChI=1S/C21H25N3O3S2/c1-10(2)13-7-6-8-14(11(3)4)17(13)24-20(27)16(26)9-15(25)18-12(5)23-21(29-18)19(22)28/h6-8,10-11H,9H2,1-5H3,(H2,22,28)(H,24,27). The molecule has 1 amide bonds. The summed E-state index contributed by atoms with van der Waals surface area (Å²) in [4.78, 5) is 42.0. The number of thiocarbonyl (C=S) groups is 1. The zero-order valence-electron chi connectivity index (χ0n) is 17.2. The van der Waals surface area contributed by atoms with E-state index in [0.717, 1.165) is 22.5 Å². The van der Waals surface area contributed by atoms with E-state index < -0.39 is 23.9 Å². The number of nitrogens with one attached hydrogen (secondary N) is 1. The Morgan fingerprint density at radius 1 is 1.14 bits per heavy atom. The fraction of sp³-hybridized carbons (Fsp3) is 0.381. The highest BCUT2D eigenvalue weighted by molar-refractivity contribution is 7.81. The summed E-state index contributed by atoms with van der Waals surface area (Å²) >= 11 is 5.91. The van der Waals surface area contributed by atoms with Crippen LogP contribution in [0.5, 0.6) is 0 Å². The molecule has 0 saturated carbocycles. The minimum absolute atomic E-state index is 0.0905. The van der Waals surface area contributed by atoms with Gasteiger partial charge in [0.1, 0.15) is 4.99 Å². The predicted molar refractivity (Wildman–Crippen MR) is 120 cm³/mol. The first-order valence-electron chi connectivity index (χ1n) is 9.30. The molecule has 0 aliphatic rings. The predicted octanol–water partition coefficient (Wildman–Crippen LogP) is 4.11. The Hall–Kier alpha value is -2.45. The van der Waals surface area contributed by atoms with Crippen LogP contribution in [0, 0.1) is 6.92 Å². The molecule has 29 heavy (non-hydrogen) atoms. The van der Waals surface area contributed by atoms with Crippen LogP contribution in [0.15, 0.2) is 18.2 Å². The number of anilines is 1. The third kappa shape index (κ3) is 5.33. The maximum atomic E-state index is 12.6.